The molecule has 0 spiro atoms. The Kier molecular flexibility index (Phi) is 4.55. The lowest BCUT2D eigenvalue weighted by atomic mass is 9.93. The molecule has 0 aliphatic carbocycles. The molecule has 3 fully saturated rings. The van der Waals surface area contributed by atoms with Crippen molar-refractivity contribution < 1.29 is 21.9 Å². The van der Waals surface area contributed by atoms with Crippen LogP contribution in [0.2, 0.25) is 0 Å². The molecule has 2 N–H and O–H groups in total. The molecule has 1 aromatic carbocycles. The second-order valence-electron chi connectivity index (χ2n) is 7.59. The molecule has 0 aromatic heterocycles. The number of sulfonamides is 1. The first-order valence-electron chi connectivity index (χ1n) is 8.77. The summed E-state index contributed by atoms with van der Waals surface area (Å²) in [6.45, 7) is 2.41. The third-order valence-electron chi connectivity index (χ3n) is 5.83. The minimum Gasteiger partial charge on any atom is -0.370 e. The molecule has 3 aliphatic heterocycles. The number of benzene rings is 1. The standard InChI is InChI=1S/C17H23F2N3O3S/c1-26(23,24)22-7-10-6-21(8-16(10)22)12-5-15(20)17(25-9-12)13-4-11(18)2-3-14(13)19/h2-4,10,12,15-17H,5-9,20H2,1H3. The van der Waals surface area contributed by atoms with E-state index in [9.17, 15) is 17.2 Å². The van der Waals surface area contributed by atoms with Gasteiger partial charge in [0.2, 0.25) is 10.0 Å². The summed E-state index contributed by atoms with van der Waals surface area (Å²) in [5, 5.41) is 0. The fourth-order valence-corrected chi connectivity index (χ4v) is 5.65. The number of fused-ring (bicyclic) bond motifs is 1. The fourth-order valence-electron chi connectivity index (χ4n) is 4.45. The third kappa shape index (κ3) is 3.16. The van der Waals surface area contributed by atoms with Crippen LogP contribution >= 0.6 is 0 Å². The Balaban J connectivity index is 1.41. The van der Waals surface area contributed by atoms with Gasteiger partial charge in [0, 0.05) is 49.2 Å². The van der Waals surface area contributed by atoms with E-state index in [1.807, 2.05) is 0 Å². The Hall–Kier alpha value is -1.13. The quantitative estimate of drug-likeness (QED) is 0.826. The van der Waals surface area contributed by atoms with Crippen molar-refractivity contribution in [3.63, 3.8) is 0 Å². The predicted octanol–water partition coefficient (Wildman–Crippen LogP) is 0.698. The fraction of sp³-hybridized carbons (Fsp3) is 0.647. The number of nitrogens with zero attached hydrogens (tertiary/aromatic N) is 2. The molecule has 0 radical (unpaired) electrons. The van der Waals surface area contributed by atoms with Crippen LogP contribution in [0.3, 0.4) is 0 Å². The second-order valence-corrected chi connectivity index (χ2v) is 9.52. The van der Waals surface area contributed by atoms with Gasteiger partial charge in [0.15, 0.2) is 0 Å². The van der Waals surface area contributed by atoms with E-state index in [1.165, 1.54) is 6.26 Å². The van der Waals surface area contributed by atoms with Gasteiger partial charge < -0.3 is 10.5 Å². The molecule has 0 bridgehead atoms. The van der Waals surface area contributed by atoms with E-state index >= 15 is 0 Å². The van der Waals surface area contributed by atoms with Crippen LogP contribution in [0.5, 0.6) is 0 Å². The molecule has 4 rings (SSSR count). The maximum atomic E-state index is 14.0. The van der Waals surface area contributed by atoms with Crippen molar-refractivity contribution in [2.24, 2.45) is 11.7 Å². The zero-order valence-corrected chi connectivity index (χ0v) is 15.3. The van der Waals surface area contributed by atoms with Crippen LogP contribution in [0, 0.1) is 17.6 Å². The smallest absolute Gasteiger partial charge is 0.211 e. The van der Waals surface area contributed by atoms with E-state index in [0.29, 0.717) is 32.0 Å². The highest BCUT2D eigenvalue weighted by atomic mass is 32.2. The van der Waals surface area contributed by atoms with Crippen molar-refractivity contribution in [2.75, 3.05) is 32.5 Å². The minimum absolute atomic E-state index is 0.0274. The highest BCUT2D eigenvalue weighted by Crippen LogP contribution is 2.38. The molecule has 3 aliphatic rings. The Bertz CT molecular complexity index is 806. The van der Waals surface area contributed by atoms with Crippen molar-refractivity contribution in [1.82, 2.24) is 9.21 Å². The Morgan fingerprint density at radius 2 is 2.00 bits per heavy atom. The number of hydrogen-bond acceptors (Lipinski definition) is 5. The van der Waals surface area contributed by atoms with Crippen molar-refractivity contribution in [3.05, 3.63) is 35.4 Å². The Labute approximate surface area is 151 Å². The first kappa shape index (κ1) is 18.2. The van der Waals surface area contributed by atoms with Gasteiger partial charge >= 0.3 is 0 Å². The molecule has 3 heterocycles. The second kappa shape index (κ2) is 6.49. The van der Waals surface area contributed by atoms with Crippen LogP contribution in [0.15, 0.2) is 18.2 Å². The minimum atomic E-state index is -3.17. The van der Waals surface area contributed by atoms with E-state index in [4.69, 9.17) is 10.5 Å². The molecule has 3 saturated heterocycles. The van der Waals surface area contributed by atoms with Gasteiger partial charge in [0.05, 0.1) is 12.9 Å². The van der Waals surface area contributed by atoms with Crippen LogP contribution in [-0.2, 0) is 14.8 Å². The van der Waals surface area contributed by atoms with Crippen molar-refractivity contribution in [3.8, 4) is 0 Å². The third-order valence-corrected chi connectivity index (χ3v) is 7.10. The molecule has 5 atom stereocenters. The zero-order chi connectivity index (χ0) is 18.6. The monoisotopic (exact) mass is 387 g/mol. The van der Waals surface area contributed by atoms with Gasteiger partial charge in [-0.25, -0.2) is 17.2 Å². The molecule has 144 valence electrons. The van der Waals surface area contributed by atoms with E-state index in [-0.39, 0.29) is 17.6 Å². The van der Waals surface area contributed by atoms with Crippen LogP contribution in [0.1, 0.15) is 18.1 Å². The maximum absolute atomic E-state index is 14.0. The number of rotatable bonds is 3. The first-order valence-corrected chi connectivity index (χ1v) is 10.6. The topological polar surface area (TPSA) is 75.9 Å². The summed E-state index contributed by atoms with van der Waals surface area (Å²) in [5.41, 5.74) is 6.38. The number of nitrogens with two attached hydrogens (primary N) is 1. The molecular formula is C17H23F2N3O3S. The first-order chi connectivity index (χ1) is 12.2. The number of hydrogen-bond donors (Lipinski definition) is 1. The maximum Gasteiger partial charge on any atom is 0.211 e. The van der Waals surface area contributed by atoms with Gasteiger partial charge in [0.1, 0.15) is 17.7 Å². The highest BCUT2D eigenvalue weighted by Gasteiger charge is 2.51. The Morgan fingerprint density at radius 1 is 1.23 bits per heavy atom. The van der Waals surface area contributed by atoms with Crippen molar-refractivity contribution >= 4 is 10.0 Å². The summed E-state index contributed by atoms with van der Waals surface area (Å²) in [7, 11) is -3.17. The van der Waals surface area contributed by atoms with Gasteiger partial charge in [-0.15, -0.1) is 0 Å². The van der Waals surface area contributed by atoms with E-state index in [2.05, 4.69) is 4.90 Å². The number of ether oxygens (including phenoxy) is 1. The lowest BCUT2D eigenvalue weighted by Gasteiger charge is -2.41. The van der Waals surface area contributed by atoms with Crippen LogP contribution < -0.4 is 5.73 Å². The van der Waals surface area contributed by atoms with Gasteiger partial charge in [-0.1, -0.05) is 0 Å². The number of likely N-dealkylation sites (tertiary alicyclic amines) is 1. The predicted molar refractivity (Wildman–Crippen MR) is 91.8 cm³/mol. The van der Waals surface area contributed by atoms with Gasteiger partial charge in [-0.2, -0.15) is 4.31 Å². The van der Waals surface area contributed by atoms with Crippen molar-refractivity contribution in [2.45, 2.75) is 30.7 Å². The van der Waals surface area contributed by atoms with E-state index in [0.717, 1.165) is 24.7 Å². The summed E-state index contributed by atoms with van der Waals surface area (Å²) >= 11 is 0. The lowest BCUT2D eigenvalue weighted by molar-refractivity contribution is -0.0474. The molecule has 0 amide bonds. The van der Waals surface area contributed by atoms with Crippen LogP contribution in [0.4, 0.5) is 8.78 Å². The summed E-state index contributed by atoms with van der Waals surface area (Å²) in [5.74, 6) is -0.691. The van der Waals surface area contributed by atoms with E-state index < -0.39 is 33.8 Å². The van der Waals surface area contributed by atoms with Crippen LogP contribution in [0.25, 0.3) is 0 Å². The largest absolute Gasteiger partial charge is 0.370 e. The SMILES string of the molecule is CS(=O)(=O)N1CC2CN(C3COC(c4cc(F)ccc4F)C(N)C3)CC21. The summed E-state index contributed by atoms with van der Waals surface area (Å²) < 4.78 is 58.3. The molecule has 0 saturated carbocycles. The van der Waals surface area contributed by atoms with Gasteiger partial charge in [0.25, 0.3) is 0 Å². The summed E-state index contributed by atoms with van der Waals surface area (Å²) in [4.78, 5) is 2.22. The Morgan fingerprint density at radius 3 is 2.69 bits per heavy atom. The summed E-state index contributed by atoms with van der Waals surface area (Å²) in [6.07, 6.45) is 1.16. The number of halogens is 2. The molecule has 26 heavy (non-hydrogen) atoms. The van der Waals surface area contributed by atoms with Gasteiger partial charge in [-0.3, -0.25) is 4.90 Å². The zero-order valence-electron chi connectivity index (χ0n) is 14.5. The molecule has 6 nitrogen and oxygen atoms in total. The normalized spacial score (nSPS) is 35.9. The lowest BCUT2D eigenvalue weighted by Crippen LogP contribution is -2.57. The van der Waals surface area contributed by atoms with Crippen LogP contribution in [-0.4, -0.2) is 68.2 Å². The average molecular weight is 387 g/mol. The molecule has 9 heteroatoms. The molecule has 1 aromatic rings. The highest BCUT2D eigenvalue weighted by molar-refractivity contribution is 7.88. The van der Waals surface area contributed by atoms with E-state index in [1.54, 1.807) is 4.31 Å². The molecule has 5 unspecified atom stereocenters. The summed E-state index contributed by atoms with van der Waals surface area (Å²) in [6, 6.07) is 2.94. The van der Waals surface area contributed by atoms with Gasteiger partial charge in [-0.05, 0) is 24.6 Å². The van der Waals surface area contributed by atoms with Crippen molar-refractivity contribution in [1.29, 1.82) is 0 Å². The molecular weight excluding hydrogens is 364 g/mol. The average Bonchev–Trinajstić information content (AvgIpc) is 2.85.